The van der Waals surface area contributed by atoms with Gasteiger partial charge in [0.15, 0.2) is 23.0 Å². The number of benzene rings is 1. The lowest BCUT2D eigenvalue weighted by Crippen LogP contribution is -1.96. The van der Waals surface area contributed by atoms with E-state index in [1.165, 1.54) is 20.3 Å². The van der Waals surface area contributed by atoms with E-state index in [1.54, 1.807) is 13.0 Å². The van der Waals surface area contributed by atoms with Crippen LogP contribution in [-0.4, -0.2) is 30.5 Å². The molecule has 0 radical (unpaired) electrons. The van der Waals surface area contributed by atoms with Gasteiger partial charge in [0.2, 0.25) is 0 Å². The minimum absolute atomic E-state index is 0.176. The number of carboxylic acid groups (broad SMARTS) is 1. The van der Waals surface area contributed by atoms with Gasteiger partial charge >= 0.3 is 5.97 Å². The number of aromatic nitrogens is 1. The molecule has 0 fully saturated rings. The summed E-state index contributed by atoms with van der Waals surface area (Å²) < 4.78 is 15.5. The molecule has 1 heterocycles. The van der Waals surface area contributed by atoms with Crippen LogP contribution in [0, 0.1) is 6.92 Å². The number of carboxylic acids is 1. The van der Waals surface area contributed by atoms with Crippen LogP contribution in [0.4, 0.5) is 0 Å². The number of hydrogen-bond acceptors (Lipinski definition) is 5. The zero-order valence-corrected chi connectivity index (χ0v) is 11.8. The number of halogens is 1. The molecule has 0 saturated heterocycles. The lowest BCUT2D eigenvalue weighted by atomic mass is 10.0. The lowest BCUT2D eigenvalue weighted by molar-refractivity contribution is 0.0686. The Balaban J connectivity index is 2.62. The average molecular weight is 298 g/mol. The van der Waals surface area contributed by atoms with Crippen molar-refractivity contribution >= 4 is 17.6 Å². The van der Waals surface area contributed by atoms with Crippen molar-refractivity contribution < 1.29 is 23.9 Å². The van der Waals surface area contributed by atoms with Crippen molar-refractivity contribution in [3.05, 3.63) is 28.4 Å². The van der Waals surface area contributed by atoms with E-state index in [4.69, 9.17) is 30.7 Å². The third-order valence-electron chi connectivity index (χ3n) is 2.84. The van der Waals surface area contributed by atoms with E-state index in [0.717, 1.165) is 0 Å². The number of nitrogens with zero attached hydrogens (tertiary/aromatic N) is 1. The van der Waals surface area contributed by atoms with Gasteiger partial charge in [-0.3, -0.25) is 0 Å². The van der Waals surface area contributed by atoms with Gasteiger partial charge in [-0.1, -0.05) is 16.8 Å². The molecule has 0 unspecified atom stereocenters. The molecule has 1 aromatic carbocycles. The second-order valence-corrected chi connectivity index (χ2v) is 4.39. The molecule has 6 nitrogen and oxygen atoms in total. The molecule has 2 rings (SSSR count). The highest BCUT2D eigenvalue weighted by Crippen LogP contribution is 2.43. The zero-order chi connectivity index (χ0) is 14.9. The van der Waals surface area contributed by atoms with E-state index in [-0.39, 0.29) is 5.69 Å². The van der Waals surface area contributed by atoms with Gasteiger partial charge in [0.05, 0.1) is 19.2 Å². The van der Waals surface area contributed by atoms with E-state index in [2.05, 4.69) is 5.16 Å². The molecule has 7 heteroatoms. The number of ether oxygens (including phenoxy) is 2. The first-order chi connectivity index (χ1) is 9.49. The van der Waals surface area contributed by atoms with Gasteiger partial charge in [0, 0.05) is 17.2 Å². The zero-order valence-electron chi connectivity index (χ0n) is 11.1. The Hall–Kier alpha value is -2.21. The van der Waals surface area contributed by atoms with Gasteiger partial charge in [-0.15, -0.1) is 0 Å². The van der Waals surface area contributed by atoms with Crippen molar-refractivity contribution in [2.45, 2.75) is 6.92 Å². The van der Waals surface area contributed by atoms with E-state index >= 15 is 0 Å². The Morgan fingerprint density at radius 2 is 1.95 bits per heavy atom. The predicted octanol–water partition coefficient (Wildman–Crippen LogP) is 3.02. The van der Waals surface area contributed by atoms with E-state index in [1.807, 2.05) is 0 Å². The predicted molar refractivity (Wildman–Crippen MR) is 71.7 cm³/mol. The molecule has 106 valence electrons. The first-order valence-corrected chi connectivity index (χ1v) is 5.98. The molecular formula is C13H12ClNO5. The summed E-state index contributed by atoms with van der Waals surface area (Å²) in [5.74, 6) is 0.00337. The molecule has 0 amide bonds. The minimum atomic E-state index is -1.16. The summed E-state index contributed by atoms with van der Waals surface area (Å²) in [6.45, 7) is 1.79. The molecule has 1 aromatic heterocycles. The van der Waals surface area contributed by atoms with Gasteiger partial charge in [-0.2, -0.15) is 0 Å². The third-order valence-corrected chi connectivity index (χ3v) is 3.12. The molecule has 0 bridgehead atoms. The van der Waals surface area contributed by atoms with Gasteiger partial charge in [-0.05, 0) is 13.0 Å². The minimum Gasteiger partial charge on any atom is -0.493 e. The van der Waals surface area contributed by atoms with Crippen LogP contribution in [-0.2, 0) is 0 Å². The fraction of sp³-hybridized carbons (Fsp3) is 0.231. The summed E-state index contributed by atoms with van der Waals surface area (Å²) in [5, 5.41) is 12.7. The highest BCUT2D eigenvalue weighted by Gasteiger charge is 2.20. The summed E-state index contributed by atoms with van der Waals surface area (Å²) in [5.41, 5.74) is 1.12. The van der Waals surface area contributed by atoms with Gasteiger partial charge in [-0.25, -0.2) is 4.79 Å². The monoisotopic (exact) mass is 297 g/mol. The fourth-order valence-corrected chi connectivity index (χ4v) is 2.17. The molecular weight excluding hydrogens is 286 g/mol. The van der Waals surface area contributed by atoms with Crippen LogP contribution in [0.25, 0.3) is 11.3 Å². The molecule has 0 saturated carbocycles. The molecule has 0 atom stereocenters. The summed E-state index contributed by atoms with van der Waals surface area (Å²) in [6, 6.07) is 2.94. The van der Waals surface area contributed by atoms with E-state index in [9.17, 15) is 4.79 Å². The smallest absolute Gasteiger partial charge is 0.358 e. The van der Waals surface area contributed by atoms with Crippen molar-refractivity contribution in [1.29, 1.82) is 0 Å². The summed E-state index contributed by atoms with van der Waals surface area (Å²) in [4.78, 5) is 10.8. The van der Waals surface area contributed by atoms with Crippen LogP contribution in [0.15, 0.2) is 16.7 Å². The van der Waals surface area contributed by atoms with Crippen molar-refractivity contribution in [3.8, 4) is 22.8 Å². The fourth-order valence-electron chi connectivity index (χ4n) is 1.90. The molecule has 20 heavy (non-hydrogen) atoms. The van der Waals surface area contributed by atoms with Crippen molar-refractivity contribution in [1.82, 2.24) is 5.16 Å². The molecule has 2 aromatic rings. The Morgan fingerprint density at radius 3 is 2.45 bits per heavy atom. The van der Waals surface area contributed by atoms with Crippen LogP contribution in [0.3, 0.4) is 0 Å². The van der Waals surface area contributed by atoms with E-state index < -0.39 is 5.97 Å². The van der Waals surface area contributed by atoms with Crippen molar-refractivity contribution in [3.63, 3.8) is 0 Å². The maximum atomic E-state index is 10.8. The number of hydrogen-bond donors (Lipinski definition) is 1. The van der Waals surface area contributed by atoms with Crippen LogP contribution in [0.1, 0.15) is 16.1 Å². The van der Waals surface area contributed by atoms with Crippen LogP contribution in [0.2, 0.25) is 5.02 Å². The Bertz CT molecular complexity index is 665. The average Bonchev–Trinajstić information content (AvgIpc) is 2.90. The van der Waals surface area contributed by atoms with Crippen LogP contribution < -0.4 is 9.47 Å². The van der Waals surface area contributed by atoms with Gasteiger partial charge in [0.25, 0.3) is 0 Å². The SMILES string of the molecule is COc1c(Cl)cc(-c2cc(C(=O)O)no2)c(C)c1OC. The maximum Gasteiger partial charge on any atom is 0.358 e. The molecule has 1 N–H and O–H groups in total. The van der Waals surface area contributed by atoms with Gasteiger partial charge < -0.3 is 19.1 Å². The van der Waals surface area contributed by atoms with Gasteiger partial charge in [0.1, 0.15) is 0 Å². The number of carbonyl (C=O) groups is 1. The van der Waals surface area contributed by atoms with Crippen molar-refractivity contribution in [2.75, 3.05) is 14.2 Å². The number of aromatic carboxylic acids is 1. The molecule has 0 aliphatic heterocycles. The van der Waals surface area contributed by atoms with Crippen LogP contribution >= 0.6 is 11.6 Å². The van der Waals surface area contributed by atoms with Crippen molar-refractivity contribution in [2.24, 2.45) is 0 Å². The first kappa shape index (κ1) is 14.2. The normalized spacial score (nSPS) is 10.4. The Morgan fingerprint density at radius 1 is 1.30 bits per heavy atom. The summed E-state index contributed by atoms with van der Waals surface area (Å²) in [7, 11) is 2.98. The number of rotatable bonds is 4. The molecule has 0 aliphatic rings. The number of methoxy groups -OCH3 is 2. The highest BCUT2D eigenvalue weighted by molar-refractivity contribution is 6.32. The standard InChI is InChI=1S/C13H12ClNO5/c1-6-7(10-5-9(13(16)17)15-20-10)4-8(14)12(19-3)11(6)18-2/h4-5H,1-3H3,(H,16,17). The highest BCUT2D eigenvalue weighted by atomic mass is 35.5. The third kappa shape index (κ3) is 2.30. The molecule has 0 aliphatic carbocycles. The van der Waals surface area contributed by atoms with Crippen LogP contribution in [0.5, 0.6) is 11.5 Å². The second-order valence-electron chi connectivity index (χ2n) is 3.98. The quantitative estimate of drug-likeness (QED) is 0.934. The summed E-state index contributed by atoms with van der Waals surface area (Å²) >= 11 is 6.12. The topological polar surface area (TPSA) is 81.8 Å². The largest absolute Gasteiger partial charge is 0.493 e. The second kappa shape index (κ2) is 5.42. The maximum absolute atomic E-state index is 10.8. The summed E-state index contributed by atoms with van der Waals surface area (Å²) in [6.07, 6.45) is 0. The lowest BCUT2D eigenvalue weighted by Gasteiger charge is -2.14. The van der Waals surface area contributed by atoms with E-state index in [0.29, 0.717) is 33.4 Å². The Labute approximate surface area is 119 Å². The first-order valence-electron chi connectivity index (χ1n) is 5.61. The molecule has 0 spiro atoms. The Kier molecular flexibility index (Phi) is 3.85.